The lowest BCUT2D eigenvalue weighted by molar-refractivity contribution is -0.139. The van der Waals surface area contributed by atoms with Crippen molar-refractivity contribution < 1.29 is 23.2 Å². The van der Waals surface area contributed by atoms with Crippen LogP contribution in [0.2, 0.25) is 0 Å². The SMILES string of the molecule is CN(C)c1cccc2c(S(=O)(=O)N[C@@H](CCON)C(=O)O)cccc12. The van der Waals surface area contributed by atoms with Crippen molar-refractivity contribution in [3.8, 4) is 0 Å². The van der Waals surface area contributed by atoms with Gasteiger partial charge in [-0.3, -0.25) is 4.79 Å². The third-order valence-corrected chi connectivity index (χ3v) is 5.28. The summed E-state index contributed by atoms with van der Waals surface area (Å²) in [6.07, 6.45) is -0.0845. The molecule has 0 unspecified atom stereocenters. The molecule has 2 aromatic carbocycles. The number of nitrogens with two attached hydrogens (primary N) is 1. The lowest BCUT2D eigenvalue weighted by atomic mass is 10.1. The molecule has 0 aliphatic carbocycles. The van der Waals surface area contributed by atoms with Gasteiger partial charge in [-0.2, -0.15) is 4.72 Å². The third-order valence-electron chi connectivity index (χ3n) is 3.75. The molecule has 0 saturated carbocycles. The molecule has 0 saturated heterocycles. The smallest absolute Gasteiger partial charge is 0.321 e. The second-order valence-electron chi connectivity index (χ2n) is 5.69. The van der Waals surface area contributed by atoms with Crippen molar-refractivity contribution in [2.45, 2.75) is 17.4 Å². The van der Waals surface area contributed by atoms with Crippen LogP contribution in [0.4, 0.5) is 5.69 Å². The Morgan fingerprint density at radius 1 is 1.24 bits per heavy atom. The van der Waals surface area contributed by atoms with Gasteiger partial charge in [0.05, 0.1) is 11.5 Å². The van der Waals surface area contributed by atoms with Crippen LogP contribution in [0.15, 0.2) is 41.3 Å². The van der Waals surface area contributed by atoms with Crippen molar-refractivity contribution in [2.24, 2.45) is 5.90 Å². The first-order chi connectivity index (χ1) is 11.8. The summed E-state index contributed by atoms with van der Waals surface area (Å²) in [5, 5.41) is 10.5. The minimum absolute atomic E-state index is 0.0219. The number of nitrogens with zero attached hydrogens (tertiary/aromatic N) is 1. The lowest BCUT2D eigenvalue weighted by Crippen LogP contribution is -2.41. The lowest BCUT2D eigenvalue weighted by Gasteiger charge is -2.18. The van der Waals surface area contributed by atoms with E-state index >= 15 is 0 Å². The van der Waals surface area contributed by atoms with E-state index < -0.39 is 22.0 Å². The van der Waals surface area contributed by atoms with E-state index in [1.165, 1.54) is 6.07 Å². The minimum Gasteiger partial charge on any atom is -0.480 e. The Balaban J connectivity index is 2.49. The maximum absolute atomic E-state index is 12.7. The van der Waals surface area contributed by atoms with Gasteiger partial charge >= 0.3 is 5.97 Å². The molecule has 2 rings (SSSR count). The zero-order valence-electron chi connectivity index (χ0n) is 14.0. The summed E-state index contributed by atoms with van der Waals surface area (Å²) in [5.41, 5.74) is 0.862. The van der Waals surface area contributed by atoms with Crippen molar-refractivity contribution >= 4 is 32.5 Å². The Morgan fingerprint density at radius 3 is 2.48 bits per heavy atom. The van der Waals surface area contributed by atoms with Gasteiger partial charge in [0.1, 0.15) is 6.04 Å². The van der Waals surface area contributed by atoms with Crippen LogP contribution in [0.1, 0.15) is 6.42 Å². The summed E-state index contributed by atoms with van der Waals surface area (Å²) in [4.78, 5) is 17.5. The summed E-state index contributed by atoms with van der Waals surface area (Å²) < 4.78 is 27.7. The number of sulfonamides is 1. The van der Waals surface area contributed by atoms with Crippen molar-refractivity contribution in [1.29, 1.82) is 0 Å². The molecule has 0 amide bonds. The number of rotatable bonds is 8. The molecule has 0 fully saturated rings. The molecular weight excluding hydrogens is 346 g/mol. The molecule has 9 heteroatoms. The number of hydrogen-bond donors (Lipinski definition) is 3. The molecule has 8 nitrogen and oxygen atoms in total. The fraction of sp³-hybridized carbons (Fsp3) is 0.312. The Hall–Kier alpha value is -2.20. The number of carbonyl (C=O) groups is 1. The van der Waals surface area contributed by atoms with E-state index in [1.807, 2.05) is 31.1 Å². The quantitative estimate of drug-likeness (QED) is 0.593. The molecule has 1 atom stereocenters. The number of nitrogens with one attached hydrogen (secondary N) is 1. The topological polar surface area (TPSA) is 122 Å². The highest BCUT2D eigenvalue weighted by Crippen LogP contribution is 2.30. The predicted molar refractivity (Wildman–Crippen MR) is 94.8 cm³/mol. The van der Waals surface area contributed by atoms with Gasteiger partial charge in [-0.1, -0.05) is 24.3 Å². The predicted octanol–water partition coefficient (Wildman–Crippen LogP) is 0.918. The molecule has 0 spiro atoms. The average molecular weight is 367 g/mol. The molecule has 4 N–H and O–H groups in total. The van der Waals surface area contributed by atoms with Gasteiger partial charge in [0.15, 0.2) is 0 Å². The number of hydrogen-bond acceptors (Lipinski definition) is 6. The van der Waals surface area contributed by atoms with Gasteiger partial charge in [0.25, 0.3) is 0 Å². The highest BCUT2D eigenvalue weighted by atomic mass is 32.2. The van der Waals surface area contributed by atoms with Crippen molar-refractivity contribution in [1.82, 2.24) is 4.72 Å². The molecule has 0 heterocycles. The van der Waals surface area contributed by atoms with Gasteiger partial charge in [0.2, 0.25) is 10.0 Å². The van der Waals surface area contributed by atoms with Crippen LogP contribution in [-0.4, -0.2) is 46.2 Å². The first-order valence-corrected chi connectivity index (χ1v) is 9.02. The van der Waals surface area contributed by atoms with E-state index in [2.05, 4.69) is 9.56 Å². The second kappa shape index (κ2) is 7.79. The first kappa shape index (κ1) is 19.1. The zero-order valence-corrected chi connectivity index (χ0v) is 14.8. The number of fused-ring (bicyclic) bond motifs is 1. The molecular formula is C16H21N3O5S. The van der Waals surface area contributed by atoms with E-state index in [0.717, 1.165) is 11.1 Å². The summed E-state index contributed by atoms with van der Waals surface area (Å²) in [5.74, 6) is 3.60. The Bertz CT molecular complexity index is 867. The van der Waals surface area contributed by atoms with Crippen LogP contribution in [0.5, 0.6) is 0 Å². The summed E-state index contributed by atoms with van der Waals surface area (Å²) in [7, 11) is -0.325. The van der Waals surface area contributed by atoms with E-state index in [-0.39, 0.29) is 17.9 Å². The Kier molecular flexibility index (Phi) is 5.96. The Morgan fingerprint density at radius 2 is 1.88 bits per heavy atom. The zero-order chi connectivity index (χ0) is 18.6. The molecule has 2 aromatic rings. The first-order valence-electron chi connectivity index (χ1n) is 7.54. The molecule has 25 heavy (non-hydrogen) atoms. The van der Waals surface area contributed by atoms with Gasteiger partial charge in [0, 0.05) is 30.6 Å². The summed E-state index contributed by atoms with van der Waals surface area (Å²) >= 11 is 0. The van der Waals surface area contributed by atoms with E-state index in [9.17, 15) is 18.3 Å². The van der Waals surface area contributed by atoms with Crippen LogP contribution in [0.3, 0.4) is 0 Å². The maximum Gasteiger partial charge on any atom is 0.321 e. The van der Waals surface area contributed by atoms with Crippen LogP contribution in [0.25, 0.3) is 10.8 Å². The van der Waals surface area contributed by atoms with Crippen LogP contribution in [-0.2, 0) is 19.7 Å². The van der Waals surface area contributed by atoms with Gasteiger partial charge in [-0.05, 0) is 18.6 Å². The number of benzene rings is 2. The summed E-state index contributed by atoms with van der Waals surface area (Å²) in [6.45, 7) is -0.0835. The number of anilines is 1. The van der Waals surface area contributed by atoms with Gasteiger partial charge < -0.3 is 14.8 Å². The third kappa shape index (κ3) is 4.26. The maximum atomic E-state index is 12.7. The molecule has 0 aliphatic rings. The van der Waals surface area contributed by atoms with Gasteiger partial charge in [-0.15, -0.1) is 0 Å². The van der Waals surface area contributed by atoms with Crippen LogP contribution < -0.4 is 15.5 Å². The largest absolute Gasteiger partial charge is 0.480 e. The van der Waals surface area contributed by atoms with Crippen molar-refractivity contribution in [3.05, 3.63) is 36.4 Å². The van der Waals surface area contributed by atoms with Crippen LogP contribution in [0, 0.1) is 0 Å². The van der Waals surface area contributed by atoms with E-state index in [0.29, 0.717) is 5.39 Å². The van der Waals surface area contributed by atoms with E-state index in [4.69, 9.17) is 5.90 Å². The van der Waals surface area contributed by atoms with E-state index in [1.54, 1.807) is 18.2 Å². The van der Waals surface area contributed by atoms with Crippen molar-refractivity contribution in [3.63, 3.8) is 0 Å². The van der Waals surface area contributed by atoms with Crippen LogP contribution >= 0.6 is 0 Å². The highest BCUT2D eigenvalue weighted by Gasteiger charge is 2.26. The number of carboxylic acid groups (broad SMARTS) is 1. The fourth-order valence-electron chi connectivity index (χ4n) is 2.56. The van der Waals surface area contributed by atoms with Gasteiger partial charge in [-0.25, -0.2) is 14.3 Å². The van der Waals surface area contributed by atoms with Crippen molar-refractivity contribution in [2.75, 3.05) is 25.6 Å². The highest BCUT2D eigenvalue weighted by molar-refractivity contribution is 7.89. The second-order valence-corrected chi connectivity index (χ2v) is 7.38. The monoisotopic (exact) mass is 367 g/mol. The average Bonchev–Trinajstić information content (AvgIpc) is 2.57. The standard InChI is InChI=1S/C16H21N3O5S/c1-19(2)14-7-3-6-12-11(14)5-4-8-15(12)25(22,23)18-13(16(20)21)9-10-24-17/h3-8,13,18H,9-10,17H2,1-2H3,(H,20,21)/t13-/m0/s1. The molecule has 0 aromatic heterocycles. The Labute approximate surface area is 146 Å². The fourth-order valence-corrected chi connectivity index (χ4v) is 4.00. The number of aliphatic carboxylic acids is 1. The molecule has 136 valence electrons. The summed E-state index contributed by atoms with van der Waals surface area (Å²) in [6, 6.07) is 8.89. The molecule has 0 radical (unpaired) electrons. The molecule has 0 bridgehead atoms. The number of carboxylic acids is 1. The minimum atomic E-state index is -4.05. The normalized spacial score (nSPS) is 12.9. The molecule has 0 aliphatic heterocycles.